The molecule has 6 nitrogen and oxygen atoms in total. The van der Waals surface area contributed by atoms with Crippen LogP contribution >= 0.6 is 0 Å². The molecule has 0 spiro atoms. The first-order chi connectivity index (χ1) is 13.1. The second kappa shape index (κ2) is 7.25. The van der Waals surface area contributed by atoms with Crippen LogP contribution in [0, 0.1) is 0 Å². The number of hydrogen-bond acceptors (Lipinski definition) is 5. The van der Waals surface area contributed by atoms with E-state index in [9.17, 15) is 9.59 Å². The van der Waals surface area contributed by atoms with Crippen molar-refractivity contribution in [3.63, 3.8) is 0 Å². The molecule has 0 radical (unpaired) electrons. The number of nitrogens with zero attached hydrogens (tertiary/aromatic N) is 1. The monoisotopic (exact) mass is 364 g/mol. The lowest BCUT2D eigenvalue weighted by molar-refractivity contribution is -0.114. The van der Waals surface area contributed by atoms with Crippen LogP contribution in [0.5, 0.6) is 0 Å². The molecule has 1 N–H and O–H groups in total. The third-order valence-electron chi connectivity index (χ3n) is 4.56. The Kier molecular flexibility index (Phi) is 4.64. The number of benzene rings is 2. The van der Waals surface area contributed by atoms with Crippen LogP contribution < -0.4 is 15.6 Å². The van der Waals surface area contributed by atoms with Gasteiger partial charge in [0.15, 0.2) is 11.3 Å². The van der Waals surface area contributed by atoms with Crippen LogP contribution in [-0.2, 0) is 9.53 Å². The van der Waals surface area contributed by atoms with Crippen LogP contribution in [0.15, 0.2) is 57.7 Å². The van der Waals surface area contributed by atoms with Crippen molar-refractivity contribution < 1.29 is 13.9 Å². The normalized spacial score (nSPS) is 14.3. The fourth-order valence-corrected chi connectivity index (χ4v) is 3.24. The predicted molar refractivity (Wildman–Crippen MR) is 105 cm³/mol. The smallest absolute Gasteiger partial charge is 0.221 e. The first kappa shape index (κ1) is 17.3. The molecule has 1 aliphatic rings. The Morgan fingerprint density at radius 1 is 1.04 bits per heavy atom. The summed E-state index contributed by atoms with van der Waals surface area (Å²) >= 11 is 0. The number of nitrogens with one attached hydrogen (secondary N) is 1. The summed E-state index contributed by atoms with van der Waals surface area (Å²) in [6.45, 7) is 4.12. The van der Waals surface area contributed by atoms with Crippen molar-refractivity contribution in [1.82, 2.24) is 0 Å². The van der Waals surface area contributed by atoms with Gasteiger partial charge in [0.2, 0.25) is 5.91 Å². The molecule has 0 atom stereocenters. The van der Waals surface area contributed by atoms with Crippen LogP contribution in [-0.4, -0.2) is 32.2 Å². The minimum Gasteiger partial charge on any atom is -0.440 e. The van der Waals surface area contributed by atoms with Crippen LogP contribution in [0.25, 0.3) is 22.1 Å². The molecule has 1 amide bonds. The van der Waals surface area contributed by atoms with Crippen molar-refractivity contribution in [2.24, 2.45) is 0 Å². The Labute approximate surface area is 156 Å². The second-order valence-electron chi connectivity index (χ2n) is 6.52. The first-order valence-electron chi connectivity index (χ1n) is 8.89. The lowest BCUT2D eigenvalue weighted by atomic mass is 10.0. The summed E-state index contributed by atoms with van der Waals surface area (Å²) in [6.07, 6.45) is 0. The molecule has 1 aliphatic heterocycles. The van der Waals surface area contributed by atoms with Crippen molar-refractivity contribution in [2.45, 2.75) is 6.92 Å². The van der Waals surface area contributed by atoms with E-state index in [1.54, 1.807) is 12.1 Å². The number of ether oxygens (including phenoxy) is 1. The minimum absolute atomic E-state index is 0.0590. The van der Waals surface area contributed by atoms with E-state index in [4.69, 9.17) is 9.15 Å². The maximum atomic E-state index is 12.5. The molecule has 1 aromatic heterocycles. The molecule has 138 valence electrons. The lowest BCUT2D eigenvalue weighted by Gasteiger charge is -2.27. The van der Waals surface area contributed by atoms with Crippen LogP contribution in [0.4, 0.5) is 11.6 Å². The number of morpholine rings is 1. The molecule has 2 aromatic carbocycles. The van der Waals surface area contributed by atoms with E-state index in [0.717, 1.165) is 16.8 Å². The molecule has 0 unspecified atom stereocenters. The number of rotatable bonds is 3. The number of fused-ring (bicyclic) bond motifs is 1. The molecule has 3 aromatic rings. The Bertz CT molecular complexity index is 1050. The number of carbonyl (C=O) groups excluding carboxylic acids is 1. The van der Waals surface area contributed by atoms with Crippen molar-refractivity contribution in [3.8, 4) is 11.1 Å². The second-order valence-corrected chi connectivity index (χ2v) is 6.52. The van der Waals surface area contributed by atoms with Gasteiger partial charge >= 0.3 is 0 Å². The van der Waals surface area contributed by atoms with Gasteiger partial charge < -0.3 is 19.4 Å². The van der Waals surface area contributed by atoms with E-state index in [2.05, 4.69) is 5.32 Å². The van der Waals surface area contributed by atoms with Gasteiger partial charge in [-0.15, -0.1) is 0 Å². The zero-order valence-electron chi connectivity index (χ0n) is 15.0. The predicted octanol–water partition coefficient (Wildman–Crippen LogP) is 3.26. The van der Waals surface area contributed by atoms with Crippen molar-refractivity contribution in [2.75, 3.05) is 36.5 Å². The van der Waals surface area contributed by atoms with Gasteiger partial charge in [-0.1, -0.05) is 18.2 Å². The van der Waals surface area contributed by atoms with E-state index < -0.39 is 0 Å². The average Bonchev–Trinajstić information content (AvgIpc) is 2.68. The largest absolute Gasteiger partial charge is 0.440 e. The van der Waals surface area contributed by atoms with Crippen molar-refractivity contribution >= 4 is 28.4 Å². The summed E-state index contributed by atoms with van der Waals surface area (Å²) in [5.41, 5.74) is 3.06. The van der Waals surface area contributed by atoms with Gasteiger partial charge in [-0.2, -0.15) is 0 Å². The summed E-state index contributed by atoms with van der Waals surface area (Å²) in [5, 5.41) is 3.33. The van der Waals surface area contributed by atoms with E-state index in [0.29, 0.717) is 43.2 Å². The highest BCUT2D eigenvalue weighted by Gasteiger charge is 2.15. The maximum Gasteiger partial charge on any atom is 0.221 e. The van der Waals surface area contributed by atoms with Gasteiger partial charge in [0.1, 0.15) is 5.58 Å². The zero-order valence-corrected chi connectivity index (χ0v) is 15.0. The highest BCUT2D eigenvalue weighted by molar-refractivity contribution is 5.90. The summed E-state index contributed by atoms with van der Waals surface area (Å²) in [6, 6.07) is 14.7. The highest BCUT2D eigenvalue weighted by atomic mass is 16.5. The van der Waals surface area contributed by atoms with Gasteiger partial charge in [-0.25, -0.2) is 0 Å². The highest BCUT2D eigenvalue weighted by Crippen LogP contribution is 2.27. The fourth-order valence-electron chi connectivity index (χ4n) is 3.24. The summed E-state index contributed by atoms with van der Waals surface area (Å²) in [5.74, 6) is 0.451. The summed E-state index contributed by atoms with van der Waals surface area (Å²) in [7, 11) is 0. The molecule has 4 rings (SSSR count). The molecule has 1 saturated heterocycles. The third kappa shape index (κ3) is 3.71. The molecular formula is C21H20N2O4. The number of carbonyl (C=O) groups is 1. The van der Waals surface area contributed by atoms with Crippen LogP contribution in [0.2, 0.25) is 0 Å². The standard InChI is InChI=1S/C21H20N2O4/c1-14(24)22-17-4-2-3-15(11-17)16-5-6-18-19(25)13-21(27-20(18)12-16)23-7-9-26-10-8-23/h2-6,11-13H,7-10H2,1H3,(H,22,24). The Hall–Kier alpha value is -3.12. The van der Waals surface area contributed by atoms with Crippen LogP contribution in [0.3, 0.4) is 0 Å². The fraction of sp³-hybridized carbons (Fsp3) is 0.238. The number of hydrogen-bond donors (Lipinski definition) is 1. The maximum absolute atomic E-state index is 12.5. The van der Waals surface area contributed by atoms with Crippen LogP contribution in [0.1, 0.15) is 6.92 Å². The van der Waals surface area contributed by atoms with Crippen molar-refractivity contribution in [1.29, 1.82) is 0 Å². The number of amides is 1. The van der Waals surface area contributed by atoms with E-state index in [1.807, 2.05) is 41.3 Å². The Morgan fingerprint density at radius 3 is 2.59 bits per heavy atom. The minimum atomic E-state index is -0.119. The molecule has 0 bridgehead atoms. The SMILES string of the molecule is CC(=O)Nc1cccc(-c2ccc3c(=O)cc(N4CCOCC4)oc3c2)c1. The van der Waals surface area contributed by atoms with E-state index in [1.165, 1.54) is 6.92 Å². The van der Waals surface area contributed by atoms with Gasteiger partial charge in [0, 0.05) is 31.8 Å². The molecule has 0 aliphatic carbocycles. The molecule has 27 heavy (non-hydrogen) atoms. The van der Waals surface area contributed by atoms with E-state index in [-0.39, 0.29) is 11.3 Å². The Balaban J connectivity index is 1.75. The van der Waals surface area contributed by atoms with E-state index >= 15 is 0 Å². The molecule has 6 heteroatoms. The zero-order chi connectivity index (χ0) is 18.8. The average molecular weight is 364 g/mol. The quantitative estimate of drug-likeness (QED) is 0.772. The molecular weight excluding hydrogens is 344 g/mol. The molecule has 2 heterocycles. The Morgan fingerprint density at radius 2 is 1.81 bits per heavy atom. The van der Waals surface area contributed by atoms with Crippen molar-refractivity contribution in [3.05, 3.63) is 58.8 Å². The summed E-state index contributed by atoms with van der Waals surface area (Å²) in [4.78, 5) is 25.8. The topological polar surface area (TPSA) is 71.8 Å². The van der Waals surface area contributed by atoms with Gasteiger partial charge in [-0.05, 0) is 35.4 Å². The number of anilines is 2. The summed E-state index contributed by atoms with van der Waals surface area (Å²) < 4.78 is 11.4. The molecule has 1 fully saturated rings. The third-order valence-corrected chi connectivity index (χ3v) is 4.56. The van der Waals surface area contributed by atoms with Gasteiger partial charge in [0.25, 0.3) is 0 Å². The van der Waals surface area contributed by atoms with Gasteiger partial charge in [0.05, 0.1) is 18.6 Å². The lowest BCUT2D eigenvalue weighted by Crippen LogP contribution is -2.36. The first-order valence-corrected chi connectivity index (χ1v) is 8.89. The molecule has 0 saturated carbocycles. The van der Waals surface area contributed by atoms with Gasteiger partial charge in [-0.3, -0.25) is 9.59 Å².